The summed E-state index contributed by atoms with van der Waals surface area (Å²) in [6.45, 7) is 0.779. The van der Waals surface area contributed by atoms with Gasteiger partial charge in [0.2, 0.25) is 5.91 Å². The standard InChI is InChI=1S/C15H20N6O/c1-2-3-8-15(18-19-15)9-10-16-14(22)11-21-13-7-5-4-6-12(13)17-20-21/h1H,3-11H2,(H,16,22). The van der Waals surface area contributed by atoms with Crippen LogP contribution < -0.4 is 5.32 Å². The fraction of sp³-hybridized carbons (Fsp3) is 0.667. The molecule has 7 nitrogen and oxygen atoms in total. The number of rotatable bonds is 7. The maximum Gasteiger partial charge on any atom is 0.241 e. The molecular weight excluding hydrogens is 280 g/mol. The van der Waals surface area contributed by atoms with Gasteiger partial charge in [-0.2, -0.15) is 10.2 Å². The minimum Gasteiger partial charge on any atom is -0.354 e. The zero-order chi connectivity index (χ0) is 15.4. The number of terminal acetylenes is 1. The lowest BCUT2D eigenvalue weighted by molar-refractivity contribution is -0.121. The van der Waals surface area contributed by atoms with Gasteiger partial charge in [-0.3, -0.25) is 4.79 Å². The third-order valence-electron chi connectivity index (χ3n) is 4.19. The molecule has 2 heterocycles. The quantitative estimate of drug-likeness (QED) is 0.769. The molecule has 0 spiro atoms. The van der Waals surface area contributed by atoms with Gasteiger partial charge in [0.05, 0.1) is 11.4 Å². The first-order valence-corrected chi connectivity index (χ1v) is 7.78. The summed E-state index contributed by atoms with van der Waals surface area (Å²) in [5.41, 5.74) is 1.81. The van der Waals surface area contributed by atoms with Gasteiger partial charge in [-0.25, -0.2) is 4.68 Å². The fourth-order valence-corrected chi connectivity index (χ4v) is 2.81. The zero-order valence-electron chi connectivity index (χ0n) is 12.6. The molecule has 0 saturated heterocycles. The van der Waals surface area contributed by atoms with Gasteiger partial charge in [0.25, 0.3) is 0 Å². The van der Waals surface area contributed by atoms with Gasteiger partial charge >= 0.3 is 0 Å². The Balaban J connectivity index is 1.43. The minimum atomic E-state index is -0.341. The van der Waals surface area contributed by atoms with Gasteiger partial charge in [0, 0.05) is 25.8 Å². The molecule has 0 radical (unpaired) electrons. The van der Waals surface area contributed by atoms with Crippen molar-refractivity contribution < 1.29 is 4.79 Å². The van der Waals surface area contributed by atoms with Crippen LogP contribution in [0.3, 0.4) is 0 Å². The molecule has 1 aliphatic carbocycles. The van der Waals surface area contributed by atoms with Crippen LogP contribution in [0, 0.1) is 12.3 Å². The van der Waals surface area contributed by atoms with Crippen LogP contribution in [-0.2, 0) is 24.2 Å². The summed E-state index contributed by atoms with van der Waals surface area (Å²) >= 11 is 0. The van der Waals surface area contributed by atoms with Crippen LogP contribution in [0.2, 0.25) is 0 Å². The Bertz CT molecular complexity index is 620. The second kappa shape index (κ2) is 6.26. The monoisotopic (exact) mass is 300 g/mol. The van der Waals surface area contributed by atoms with E-state index in [9.17, 15) is 4.79 Å². The number of nitrogens with zero attached hydrogens (tertiary/aromatic N) is 5. The van der Waals surface area contributed by atoms with Crippen molar-refractivity contribution in [3.8, 4) is 12.3 Å². The van der Waals surface area contributed by atoms with E-state index in [2.05, 4.69) is 31.8 Å². The summed E-state index contributed by atoms with van der Waals surface area (Å²) in [7, 11) is 0. The van der Waals surface area contributed by atoms with Crippen LogP contribution in [0.5, 0.6) is 0 Å². The van der Waals surface area contributed by atoms with E-state index in [1.807, 2.05) is 0 Å². The first kappa shape index (κ1) is 14.7. The van der Waals surface area contributed by atoms with E-state index in [0.29, 0.717) is 19.4 Å². The van der Waals surface area contributed by atoms with E-state index in [0.717, 1.165) is 43.5 Å². The van der Waals surface area contributed by atoms with E-state index in [1.165, 1.54) is 0 Å². The predicted molar refractivity (Wildman–Crippen MR) is 79.9 cm³/mol. The van der Waals surface area contributed by atoms with Crippen molar-refractivity contribution in [1.82, 2.24) is 20.3 Å². The third kappa shape index (κ3) is 3.32. The van der Waals surface area contributed by atoms with E-state index < -0.39 is 0 Å². The van der Waals surface area contributed by atoms with E-state index in [-0.39, 0.29) is 18.1 Å². The van der Waals surface area contributed by atoms with Gasteiger partial charge < -0.3 is 5.32 Å². The van der Waals surface area contributed by atoms with Crippen LogP contribution in [0.1, 0.15) is 43.5 Å². The minimum absolute atomic E-state index is 0.0500. The molecule has 1 aliphatic heterocycles. The summed E-state index contributed by atoms with van der Waals surface area (Å²) in [6.07, 6.45) is 11.6. The van der Waals surface area contributed by atoms with Crippen molar-refractivity contribution >= 4 is 5.91 Å². The number of aryl methyl sites for hydroxylation is 1. The molecule has 7 heteroatoms. The molecule has 0 aromatic carbocycles. The molecule has 0 unspecified atom stereocenters. The number of carbonyl (C=O) groups is 1. The first-order valence-electron chi connectivity index (χ1n) is 7.78. The van der Waals surface area contributed by atoms with Crippen molar-refractivity contribution in [3.05, 3.63) is 11.4 Å². The van der Waals surface area contributed by atoms with Crippen molar-refractivity contribution in [2.45, 2.75) is 57.2 Å². The maximum atomic E-state index is 12.0. The maximum absolute atomic E-state index is 12.0. The van der Waals surface area contributed by atoms with E-state index >= 15 is 0 Å². The summed E-state index contributed by atoms with van der Waals surface area (Å²) in [4.78, 5) is 12.0. The molecule has 0 fully saturated rings. The summed E-state index contributed by atoms with van der Waals surface area (Å²) in [5, 5.41) is 19.3. The zero-order valence-corrected chi connectivity index (χ0v) is 12.6. The Kier molecular flexibility index (Phi) is 4.18. The Morgan fingerprint density at radius 2 is 2.14 bits per heavy atom. The summed E-state index contributed by atoms with van der Waals surface area (Å²) in [6, 6.07) is 0. The molecule has 0 saturated carbocycles. The van der Waals surface area contributed by atoms with Crippen LogP contribution in [0.25, 0.3) is 0 Å². The number of aromatic nitrogens is 3. The van der Waals surface area contributed by atoms with E-state index in [4.69, 9.17) is 6.42 Å². The molecule has 3 rings (SSSR count). The average molecular weight is 300 g/mol. The SMILES string of the molecule is C#CCCC1(CCNC(=O)Cn2nnc3c2CCCC3)N=N1. The van der Waals surface area contributed by atoms with Crippen molar-refractivity contribution in [2.75, 3.05) is 6.54 Å². The van der Waals surface area contributed by atoms with Crippen molar-refractivity contribution in [1.29, 1.82) is 0 Å². The van der Waals surface area contributed by atoms with Gasteiger partial charge in [0.15, 0.2) is 5.66 Å². The lowest BCUT2D eigenvalue weighted by Crippen LogP contribution is -2.32. The Labute approximate surface area is 129 Å². The third-order valence-corrected chi connectivity index (χ3v) is 4.19. The number of amides is 1. The number of hydrogen-bond acceptors (Lipinski definition) is 5. The molecule has 116 valence electrons. The second-order valence-electron chi connectivity index (χ2n) is 5.83. The number of nitrogens with one attached hydrogen (secondary N) is 1. The highest BCUT2D eigenvalue weighted by Crippen LogP contribution is 2.35. The Hall–Kier alpha value is -2.23. The number of carbonyl (C=O) groups excluding carboxylic acids is 1. The van der Waals surface area contributed by atoms with Crippen LogP contribution >= 0.6 is 0 Å². The highest BCUT2D eigenvalue weighted by atomic mass is 16.2. The molecule has 1 aromatic rings. The topological polar surface area (TPSA) is 84.5 Å². The van der Waals surface area contributed by atoms with Gasteiger partial charge in [-0.15, -0.1) is 17.4 Å². The molecule has 0 atom stereocenters. The molecule has 0 bridgehead atoms. The smallest absolute Gasteiger partial charge is 0.241 e. The highest BCUT2D eigenvalue weighted by Gasteiger charge is 2.38. The number of fused-ring (bicyclic) bond motifs is 1. The normalized spacial score (nSPS) is 17.6. The first-order chi connectivity index (χ1) is 10.7. The Morgan fingerprint density at radius 3 is 2.91 bits per heavy atom. The van der Waals surface area contributed by atoms with Crippen LogP contribution in [0.15, 0.2) is 10.2 Å². The summed E-state index contributed by atoms with van der Waals surface area (Å²) < 4.78 is 1.73. The van der Waals surface area contributed by atoms with Gasteiger partial charge in [0.1, 0.15) is 6.54 Å². The lowest BCUT2D eigenvalue weighted by Gasteiger charge is -2.13. The highest BCUT2D eigenvalue weighted by molar-refractivity contribution is 5.75. The predicted octanol–water partition coefficient (Wildman–Crippen LogP) is 1.24. The molecular formula is C15H20N6O. The van der Waals surface area contributed by atoms with Crippen LogP contribution in [-0.4, -0.2) is 33.1 Å². The fourth-order valence-electron chi connectivity index (χ4n) is 2.81. The van der Waals surface area contributed by atoms with Crippen molar-refractivity contribution in [3.63, 3.8) is 0 Å². The Morgan fingerprint density at radius 1 is 1.32 bits per heavy atom. The number of hydrogen-bond donors (Lipinski definition) is 1. The lowest BCUT2D eigenvalue weighted by atomic mass is 10.0. The molecule has 22 heavy (non-hydrogen) atoms. The average Bonchev–Trinajstić information content (AvgIpc) is 3.19. The van der Waals surface area contributed by atoms with Gasteiger partial charge in [-0.1, -0.05) is 5.21 Å². The van der Waals surface area contributed by atoms with Crippen molar-refractivity contribution in [2.24, 2.45) is 10.2 Å². The molecule has 1 aromatic heterocycles. The largest absolute Gasteiger partial charge is 0.354 e. The van der Waals surface area contributed by atoms with E-state index in [1.54, 1.807) is 4.68 Å². The second-order valence-corrected chi connectivity index (χ2v) is 5.83. The van der Waals surface area contributed by atoms with Gasteiger partial charge in [-0.05, 0) is 25.7 Å². The summed E-state index contributed by atoms with van der Waals surface area (Å²) in [5.74, 6) is 2.55. The van der Waals surface area contributed by atoms with Crippen LogP contribution in [0.4, 0.5) is 0 Å². The molecule has 2 aliphatic rings. The molecule has 1 N–H and O–H groups in total. The molecule has 1 amide bonds.